The van der Waals surface area contributed by atoms with Gasteiger partial charge in [0.1, 0.15) is 6.54 Å². The predicted molar refractivity (Wildman–Crippen MR) is 201 cm³/mol. The first kappa shape index (κ1) is 36.2. The molecule has 264 valence electrons. The van der Waals surface area contributed by atoms with Gasteiger partial charge < -0.3 is 14.6 Å². The lowest BCUT2D eigenvalue weighted by Gasteiger charge is -2.40. The molecular formula is C41H49BN6O3. The quantitative estimate of drug-likeness (QED) is 0.0672. The van der Waals surface area contributed by atoms with Crippen LogP contribution in [0.3, 0.4) is 0 Å². The molecule has 1 aromatic heterocycles. The fraction of sp³-hybridized carbons (Fsp3) is 0.366. The number of hydrogen-bond donors (Lipinski definition) is 2. The van der Waals surface area contributed by atoms with E-state index in [1.807, 2.05) is 55.5 Å². The van der Waals surface area contributed by atoms with Gasteiger partial charge in [-0.05, 0) is 80.0 Å². The second-order valence-corrected chi connectivity index (χ2v) is 14.4. The summed E-state index contributed by atoms with van der Waals surface area (Å²) in [5.41, 5.74) is 2.77. The number of hydrogen-bond acceptors (Lipinski definition) is 7. The summed E-state index contributed by atoms with van der Waals surface area (Å²) in [4.78, 5) is 13.5. The summed E-state index contributed by atoms with van der Waals surface area (Å²) >= 11 is 0. The molecular weight excluding hydrogens is 635 g/mol. The molecule has 6 rings (SSSR count). The van der Waals surface area contributed by atoms with Crippen LogP contribution in [0.25, 0.3) is 0 Å². The van der Waals surface area contributed by atoms with Crippen molar-refractivity contribution < 1.29 is 14.1 Å². The van der Waals surface area contributed by atoms with Crippen molar-refractivity contribution in [1.82, 2.24) is 30.8 Å². The van der Waals surface area contributed by atoms with Crippen LogP contribution in [0.15, 0.2) is 121 Å². The van der Waals surface area contributed by atoms with E-state index in [-0.39, 0.29) is 42.9 Å². The molecule has 2 heterocycles. The van der Waals surface area contributed by atoms with Crippen LogP contribution >= 0.6 is 0 Å². The molecule has 0 radical (unpaired) electrons. The highest BCUT2D eigenvalue weighted by Gasteiger charge is 2.50. The lowest BCUT2D eigenvalue weighted by Crippen LogP contribution is -2.47. The molecule has 51 heavy (non-hydrogen) atoms. The Morgan fingerprint density at radius 2 is 1.25 bits per heavy atom. The summed E-state index contributed by atoms with van der Waals surface area (Å²) in [5, 5.41) is 20.2. The molecule has 1 aliphatic heterocycles. The van der Waals surface area contributed by atoms with Crippen LogP contribution in [0.2, 0.25) is 6.32 Å². The van der Waals surface area contributed by atoms with Gasteiger partial charge in [-0.15, -0.1) is 5.10 Å². The second-order valence-electron chi connectivity index (χ2n) is 14.4. The lowest BCUT2D eigenvalue weighted by atomic mass is 9.76. The van der Waals surface area contributed by atoms with Gasteiger partial charge in [0.05, 0.1) is 28.8 Å². The molecule has 2 N–H and O–H groups in total. The monoisotopic (exact) mass is 684 g/mol. The Labute approximate surface area is 302 Å². The lowest BCUT2D eigenvalue weighted by molar-refractivity contribution is -0.122. The van der Waals surface area contributed by atoms with E-state index in [1.54, 1.807) is 4.68 Å². The normalized spacial score (nSPS) is 16.5. The summed E-state index contributed by atoms with van der Waals surface area (Å²) in [6.07, 6.45) is 3.20. The van der Waals surface area contributed by atoms with Crippen molar-refractivity contribution in [3.05, 3.63) is 149 Å². The SMILES string of the molecule is CC(NC(=O)Cn1nnnc1C(CCCCB1OC(C)(C)C(C)(C)O1)NC(c1ccccc1)(c1ccccc1)c1ccccc1)c1ccccc1. The van der Waals surface area contributed by atoms with E-state index in [2.05, 4.69) is 127 Å². The van der Waals surface area contributed by atoms with Gasteiger partial charge in [0.2, 0.25) is 5.91 Å². The standard InChI is InChI=1S/C41H49BN6O3/c1-31(32-20-10-6-11-21-32)43-37(49)30-48-38(45-46-47-48)36(28-18-19-29-42-50-39(2,3)40(4,5)51-42)44-41(33-22-12-7-13-23-33,34-24-14-8-15-25-34)35-26-16-9-17-27-35/h6-17,20-27,31,36,44H,18-19,28-30H2,1-5H3,(H,43,49). The first-order valence-electron chi connectivity index (χ1n) is 18.0. The number of amides is 1. The number of aromatic nitrogens is 4. The molecule has 4 aromatic carbocycles. The number of carbonyl (C=O) groups is 1. The van der Waals surface area contributed by atoms with Crippen LogP contribution in [0.4, 0.5) is 0 Å². The number of benzene rings is 4. The molecule has 9 nitrogen and oxygen atoms in total. The van der Waals surface area contributed by atoms with Gasteiger partial charge in [-0.25, -0.2) is 4.68 Å². The van der Waals surface area contributed by atoms with Gasteiger partial charge in [-0.2, -0.15) is 0 Å². The maximum atomic E-state index is 13.5. The average molecular weight is 685 g/mol. The Morgan fingerprint density at radius 1 is 0.765 bits per heavy atom. The second kappa shape index (κ2) is 15.7. The summed E-state index contributed by atoms with van der Waals surface area (Å²) in [6.45, 7) is 10.3. The zero-order chi connectivity index (χ0) is 35.9. The zero-order valence-electron chi connectivity index (χ0n) is 30.3. The number of rotatable bonds is 15. The third kappa shape index (κ3) is 8.14. The average Bonchev–Trinajstić information content (AvgIpc) is 3.68. The largest absolute Gasteiger partial charge is 0.457 e. The first-order valence-corrected chi connectivity index (χ1v) is 18.0. The number of carbonyl (C=O) groups excluding carboxylic acids is 1. The number of nitrogens with one attached hydrogen (secondary N) is 2. The highest BCUT2D eigenvalue weighted by molar-refractivity contribution is 6.45. The van der Waals surface area contributed by atoms with Crippen molar-refractivity contribution >= 4 is 13.0 Å². The highest BCUT2D eigenvalue weighted by atomic mass is 16.7. The van der Waals surface area contributed by atoms with E-state index in [9.17, 15) is 4.79 Å². The number of nitrogens with zero attached hydrogens (tertiary/aromatic N) is 4. The van der Waals surface area contributed by atoms with Gasteiger partial charge in [-0.3, -0.25) is 10.1 Å². The van der Waals surface area contributed by atoms with Crippen molar-refractivity contribution in [2.45, 2.75) is 95.6 Å². The maximum absolute atomic E-state index is 13.5. The van der Waals surface area contributed by atoms with E-state index in [0.717, 1.165) is 41.4 Å². The smallest absolute Gasteiger partial charge is 0.403 e. The van der Waals surface area contributed by atoms with Crippen LogP contribution in [0.1, 0.15) is 94.0 Å². The van der Waals surface area contributed by atoms with Crippen LogP contribution in [0, 0.1) is 0 Å². The van der Waals surface area contributed by atoms with E-state index >= 15 is 0 Å². The van der Waals surface area contributed by atoms with Crippen molar-refractivity contribution in [3.8, 4) is 0 Å². The molecule has 1 aliphatic rings. The molecule has 0 spiro atoms. The highest BCUT2D eigenvalue weighted by Crippen LogP contribution is 2.41. The summed E-state index contributed by atoms with van der Waals surface area (Å²) < 4.78 is 14.2. The fourth-order valence-electron chi connectivity index (χ4n) is 6.91. The van der Waals surface area contributed by atoms with Crippen molar-refractivity contribution in [2.24, 2.45) is 0 Å². The van der Waals surface area contributed by atoms with E-state index in [1.165, 1.54) is 0 Å². The van der Waals surface area contributed by atoms with Crippen LogP contribution in [-0.2, 0) is 26.2 Å². The molecule has 2 atom stereocenters. The minimum Gasteiger partial charge on any atom is -0.403 e. The van der Waals surface area contributed by atoms with Gasteiger partial charge >= 0.3 is 7.12 Å². The van der Waals surface area contributed by atoms with Gasteiger partial charge in [0, 0.05) is 0 Å². The molecule has 0 saturated carbocycles. The number of tetrazole rings is 1. The molecule has 1 saturated heterocycles. The van der Waals surface area contributed by atoms with Crippen LogP contribution in [-0.4, -0.2) is 44.4 Å². The van der Waals surface area contributed by atoms with E-state index < -0.39 is 5.54 Å². The third-order valence-electron chi connectivity index (χ3n) is 10.3. The van der Waals surface area contributed by atoms with Gasteiger partial charge in [0.15, 0.2) is 5.82 Å². The molecule has 1 amide bonds. The van der Waals surface area contributed by atoms with Crippen molar-refractivity contribution in [1.29, 1.82) is 0 Å². The zero-order valence-corrected chi connectivity index (χ0v) is 30.3. The number of unbranched alkanes of at least 4 members (excludes halogenated alkanes) is 1. The predicted octanol–water partition coefficient (Wildman–Crippen LogP) is 7.44. The third-order valence-corrected chi connectivity index (χ3v) is 10.3. The van der Waals surface area contributed by atoms with Gasteiger partial charge in [-0.1, -0.05) is 134 Å². The molecule has 5 aromatic rings. The molecule has 2 unspecified atom stereocenters. The van der Waals surface area contributed by atoms with E-state index in [4.69, 9.17) is 9.31 Å². The fourth-order valence-corrected chi connectivity index (χ4v) is 6.91. The first-order chi connectivity index (χ1) is 24.6. The Balaban J connectivity index is 1.33. The molecule has 0 bridgehead atoms. The van der Waals surface area contributed by atoms with Crippen molar-refractivity contribution in [2.75, 3.05) is 0 Å². The van der Waals surface area contributed by atoms with Crippen molar-refractivity contribution in [3.63, 3.8) is 0 Å². The molecule has 0 aliphatic carbocycles. The molecule has 1 fully saturated rings. The minimum absolute atomic E-state index is 0.0133. The van der Waals surface area contributed by atoms with Gasteiger partial charge in [0.25, 0.3) is 0 Å². The van der Waals surface area contributed by atoms with Crippen LogP contribution in [0.5, 0.6) is 0 Å². The Kier molecular flexibility index (Phi) is 11.1. The molecule has 10 heteroatoms. The Hall–Kier alpha value is -4.64. The van der Waals surface area contributed by atoms with E-state index in [0.29, 0.717) is 12.2 Å². The Bertz CT molecular complexity index is 1720. The summed E-state index contributed by atoms with van der Waals surface area (Å²) in [7, 11) is -0.265. The minimum atomic E-state index is -0.763. The Morgan fingerprint density at radius 3 is 1.76 bits per heavy atom. The summed E-state index contributed by atoms with van der Waals surface area (Å²) in [5.74, 6) is 0.431. The topological polar surface area (TPSA) is 103 Å². The summed E-state index contributed by atoms with van der Waals surface area (Å²) in [6, 6.07) is 40.9. The maximum Gasteiger partial charge on any atom is 0.457 e. The van der Waals surface area contributed by atoms with Crippen LogP contribution < -0.4 is 10.6 Å².